The molecule has 0 unspecified atom stereocenters. The quantitative estimate of drug-likeness (QED) is 0.813. The highest BCUT2D eigenvalue weighted by Gasteiger charge is 2.33. The van der Waals surface area contributed by atoms with Gasteiger partial charge in [-0.2, -0.15) is 0 Å². The van der Waals surface area contributed by atoms with Gasteiger partial charge in [-0.1, -0.05) is 18.2 Å². The van der Waals surface area contributed by atoms with Crippen molar-refractivity contribution in [1.29, 1.82) is 0 Å². The molecule has 1 aliphatic heterocycles. The normalized spacial score (nSPS) is 18.4. The van der Waals surface area contributed by atoms with Gasteiger partial charge in [0, 0.05) is 29.0 Å². The molecule has 2 aromatic rings. The van der Waals surface area contributed by atoms with Crippen molar-refractivity contribution in [3.05, 3.63) is 54.4 Å². The van der Waals surface area contributed by atoms with E-state index in [0.29, 0.717) is 0 Å². The van der Waals surface area contributed by atoms with Crippen molar-refractivity contribution in [3.63, 3.8) is 0 Å². The van der Waals surface area contributed by atoms with Gasteiger partial charge in [-0.15, -0.1) is 11.8 Å². The fourth-order valence-electron chi connectivity index (χ4n) is 2.77. The van der Waals surface area contributed by atoms with Crippen molar-refractivity contribution in [2.75, 3.05) is 4.90 Å². The van der Waals surface area contributed by atoms with Crippen LogP contribution < -0.4 is 4.90 Å². The molecule has 0 N–H and O–H groups in total. The molecule has 1 aliphatic rings. The first-order chi connectivity index (χ1) is 10.2. The number of fused-ring (bicyclic) bond motifs is 1. The van der Waals surface area contributed by atoms with Gasteiger partial charge in [0.05, 0.1) is 5.25 Å². The zero-order chi connectivity index (χ0) is 14.8. The minimum absolute atomic E-state index is 0.110. The number of hydrogen-bond donors (Lipinski definition) is 0. The Morgan fingerprint density at radius 1 is 1.29 bits per heavy atom. The lowest BCUT2D eigenvalue weighted by Crippen LogP contribution is -2.40. The topological polar surface area (TPSA) is 33.2 Å². The van der Waals surface area contributed by atoms with E-state index in [9.17, 15) is 4.79 Å². The summed E-state index contributed by atoms with van der Waals surface area (Å²) in [4.78, 5) is 19.8. The van der Waals surface area contributed by atoms with Crippen molar-refractivity contribution in [3.8, 4) is 0 Å². The molecule has 3 nitrogen and oxygen atoms in total. The predicted molar refractivity (Wildman–Crippen MR) is 86.7 cm³/mol. The Bertz CT molecular complexity index is 644. The summed E-state index contributed by atoms with van der Waals surface area (Å²) in [5.74, 6) is 0.175. The van der Waals surface area contributed by atoms with Gasteiger partial charge in [0.25, 0.3) is 0 Å². The second-order valence-electron chi connectivity index (χ2n) is 5.33. The summed E-state index contributed by atoms with van der Waals surface area (Å²) in [6.07, 6.45) is 4.45. The fourth-order valence-corrected chi connectivity index (χ4v) is 3.67. The molecule has 108 valence electrons. The number of hydrogen-bond acceptors (Lipinski definition) is 3. The van der Waals surface area contributed by atoms with Crippen LogP contribution in [0.1, 0.15) is 19.4 Å². The van der Waals surface area contributed by atoms with Gasteiger partial charge in [-0.25, -0.2) is 0 Å². The van der Waals surface area contributed by atoms with Crippen molar-refractivity contribution < 1.29 is 4.79 Å². The molecule has 0 saturated heterocycles. The molecule has 0 fully saturated rings. The molecular weight excluding hydrogens is 280 g/mol. The lowest BCUT2D eigenvalue weighted by molar-refractivity contribution is -0.118. The van der Waals surface area contributed by atoms with E-state index in [4.69, 9.17) is 0 Å². The average Bonchev–Trinajstić information content (AvgIpc) is 2.83. The van der Waals surface area contributed by atoms with Crippen molar-refractivity contribution in [1.82, 2.24) is 4.98 Å². The number of nitrogens with zero attached hydrogens (tertiary/aromatic N) is 2. The number of para-hydroxylation sites is 1. The third-order valence-electron chi connectivity index (χ3n) is 3.76. The van der Waals surface area contributed by atoms with Crippen LogP contribution in [0.25, 0.3) is 0 Å². The first-order valence-corrected chi connectivity index (χ1v) is 8.02. The van der Waals surface area contributed by atoms with E-state index < -0.39 is 0 Å². The third-order valence-corrected chi connectivity index (χ3v) is 4.85. The highest BCUT2D eigenvalue weighted by Crippen LogP contribution is 2.34. The molecule has 1 aromatic carbocycles. The Hall–Kier alpha value is -1.81. The minimum atomic E-state index is -0.110. The van der Waals surface area contributed by atoms with Crippen LogP contribution in [-0.4, -0.2) is 22.2 Å². The highest BCUT2D eigenvalue weighted by molar-refractivity contribution is 8.00. The zero-order valence-corrected chi connectivity index (χ0v) is 13.0. The van der Waals surface area contributed by atoms with Crippen molar-refractivity contribution in [2.24, 2.45) is 0 Å². The van der Waals surface area contributed by atoms with E-state index in [-0.39, 0.29) is 17.2 Å². The molecule has 1 aromatic heterocycles. The van der Waals surface area contributed by atoms with E-state index in [1.165, 1.54) is 5.56 Å². The molecule has 1 amide bonds. The van der Waals surface area contributed by atoms with Crippen molar-refractivity contribution in [2.45, 2.75) is 36.5 Å². The maximum atomic E-state index is 12.8. The van der Waals surface area contributed by atoms with E-state index in [2.05, 4.69) is 18.0 Å². The summed E-state index contributed by atoms with van der Waals surface area (Å²) in [5.41, 5.74) is 2.33. The highest BCUT2D eigenvalue weighted by atomic mass is 32.2. The maximum absolute atomic E-state index is 12.8. The average molecular weight is 298 g/mol. The predicted octanol–water partition coefficient (Wildman–Crippen LogP) is 3.54. The van der Waals surface area contributed by atoms with E-state index in [1.54, 1.807) is 24.2 Å². The van der Waals surface area contributed by atoms with Crippen LogP contribution in [0.3, 0.4) is 0 Å². The van der Waals surface area contributed by atoms with Crippen LogP contribution in [0.2, 0.25) is 0 Å². The lowest BCUT2D eigenvalue weighted by Gasteiger charge is -2.25. The number of benzene rings is 1. The molecule has 0 spiro atoms. The molecule has 0 aliphatic carbocycles. The second kappa shape index (κ2) is 5.90. The number of amides is 1. The zero-order valence-electron chi connectivity index (χ0n) is 12.2. The second-order valence-corrected chi connectivity index (χ2v) is 6.75. The first-order valence-electron chi connectivity index (χ1n) is 7.14. The number of carbonyl (C=O) groups is 1. The molecule has 2 heterocycles. The summed E-state index contributed by atoms with van der Waals surface area (Å²) in [6, 6.07) is 12.3. The van der Waals surface area contributed by atoms with Crippen LogP contribution >= 0.6 is 11.8 Å². The molecule has 0 radical (unpaired) electrons. The monoisotopic (exact) mass is 298 g/mol. The molecule has 3 rings (SSSR count). The van der Waals surface area contributed by atoms with E-state index >= 15 is 0 Å². The smallest absolute Gasteiger partial charge is 0.240 e. The van der Waals surface area contributed by atoms with E-state index in [0.717, 1.165) is 17.0 Å². The third kappa shape index (κ3) is 2.81. The summed E-state index contributed by atoms with van der Waals surface area (Å²) >= 11 is 1.58. The summed E-state index contributed by atoms with van der Waals surface area (Å²) in [6.45, 7) is 4.09. The lowest BCUT2D eigenvalue weighted by atomic mass is 10.1. The van der Waals surface area contributed by atoms with Gasteiger partial charge in [-0.3, -0.25) is 9.78 Å². The number of anilines is 1. The van der Waals surface area contributed by atoms with Crippen LogP contribution in [0.5, 0.6) is 0 Å². The Balaban J connectivity index is 1.79. The Kier molecular flexibility index (Phi) is 3.97. The van der Waals surface area contributed by atoms with Crippen molar-refractivity contribution >= 4 is 23.4 Å². The van der Waals surface area contributed by atoms with Crippen LogP contribution in [0, 0.1) is 0 Å². The van der Waals surface area contributed by atoms with Gasteiger partial charge in [0.15, 0.2) is 0 Å². The fraction of sp³-hybridized carbons (Fsp3) is 0.294. The summed E-state index contributed by atoms with van der Waals surface area (Å²) < 4.78 is 0. The van der Waals surface area contributed by atoms with Gasteiger partial charge in [0.1, 0.15) is 0 Å². The number of pyridine rings is 1. The maximum Gasteiger partial charge on any atom is 0.240 e. The number of thioether (sulfide) groups is 1. The van der Waals surface area contributed by atoms with Gasteiger partial charge < -0.3 is 4.90 Å². The number of carbonyl (C=O) groups excluding carboxylic acids is 1. The molecule has 4 heteroatoms. The SMILES string of the molecule is C[C@H](Sc1ccncc1)C(=O)N1c2ccccc2C[C@H]1C. The summed E-state index contributed by atoms with van der Waals surface area (Å²) in [7, 11) is 0. The molecule has 0 bridgehead atoms. The van der Waals surface area contributed by atoms with Crippen LogP contribution in [0.4, 0.5) is 5.69 Å². The van der Waals surface area contributed by atoms with Gasteiger partial charge in [-0.05, 0) is 44.0 Å². The Labute approximate surface area is 129 Å². The van der Waals surface area contributed by atoms with Gasteiger partial charge in [0.2, 0.25) is 5.91 Å². The largest absolute Gasteiger partial charge is 0.308 e. The Morgan fingerprint density at radius 3 is 2.76 bits per heavy atom. The molecule has 21 heavy (non-hydrogen) atoms. The first kappa shape index (κ1) is 14.1. The molecule has 0 saturated carbocycles. The standard InChI is InChI=1S/C17H18N2OS/c1-12-11-14-5-3-4-6-16(14)19(12)17(20)13(2)21-15-7-9-18-10-8-15/h3-10,12-13H,11H2,1-2H3/t12-,13+/m1/s1. The number of aromatic nitrogens is 1. The molecular formula is C17H18N2OS. The molecule has 2 atom stereocenters. The summed E-state index contributed by atoms with van der Waals surface area (Å²) in [5, 5.41) is -0.110. The van der Waals surface area contributed by atoms with Crippen LogP contribution in [-0.2, 0) is 11.2 Å². The van der Waals surface area contributed by atoms with Gasteiger partial charge >= 0.3 is 0 Å². The minimum Gasteiger partial charge on any atom is -0.308 e. The Morgan fingerprint density at radius 2 is 2.00 bits per heavy atom. The van der Waals surface area contributed by atoms with E-state index in [1.807, 2.05) is 42.2 Å². The number of rotatable bonds is 3. The van der Waals surface area contributed by atoms with Crippen LogP contribution in [0.15, 0.2) is 53.7 Å².